The van der Waals surface area contributed by atoms with Crippen LogP contribution in [0.4, 0.5) is 8.78 Å². The molecule has 3 aromatic rings. The monoisotopic (exact) mass is 537 g/mol. The van der Waals surface area contributed by atoms with E-state index in [4.69, 9.17) is 4.52 Å². The molecule has 0 bridgehead atoms. The fourth-order valence-corrected chi connectivity index (χ4v) is 5.66. The molecule has 1 aliphatic heterocycles. The number of piperidine rings is 1. The van der Waals surface area contributed by atoms with E-state index in [2.05, 4.69) is 25.7 Å². The highest BCUT2D eigenvalue weighted by Crippen LogP contribution is 2.29. The summed E-state index contributed by atoms with van der Waals surface area (Å²) in [6.07, 6.45) is 8.17. The van der Waals surface area contributed by atoms with Crippen LogP contribution in [-0.2, 0) is 4.79 Å². The number of hydrogen-bond acceptors (Lipinski definition) is 6. The van der Waals surface area contributed by atoms with E-state index in [0.29, 0.717) is 19.0 Å². The molecule has 1 saturated carbocycles. The van der Waals surface area contributed by atoms with Gasteiger partial charge in [-0.05, 0) is 50.5 Å². The maximum atomic E-state index is 14.2. The van der Waals surface area contributed by atoms with Crippen molar-refractivity contribution in [3.05, 3.63) is 71.7 Å². The van der Waals surface area contributed by atoms with Crippen molar-refractivity contribution >= 4 is 11.8 Å². The van der Waals surface area contributed by atoms with Gasteiger partial charge in [0.05, 0.1) is 23.2 Å². The molecular formula is C29H33F2N5O3. The fraction of sp³-hybridized carbons (Fsp3) is 0.448. The number of hydrogen-bond donors (Lipinski definition) is 2. The lowest BCUT2D eigenvalue weighted by atomic mass is 9.86. The van der Waals surface area contributed by atoms with E-state index in [1.165, 1.54) is 31.4 Å². The lowest BCUT2D eigenvalue weighted by Crippen LogP contribution is -2.58. The number of halogens is 2. The molecule has 3 atom stereocenters. The first kappa shape index (κ1) is 26.9. The van der Waals surface area contributed by atoms with Crippen LogP contribution in [0.15, 0.2) is 53.2 Å². The van der Waals surface area contributed by atoms with E-state index >= 15 is 0 Å². The zero-order valence-corrected chi connectivity index (χ0v) is 21.9. The normalized spacial score (nSPS) is 21.3. The topological polar surface area (TPSA) is 100 Å². The number of aromatic nitrogens is 2. The Morgan fingerprint density at radius 2 is 1.90 bits per heavy atom. The smallest absolute Gasteiger partial charge is 0.273 e. The molecule has 10 heteroatoms. The molecule has 206 valence electrons. The van der Waals surface area contributed by atoms with Gasteiger partial charge >= 0.3 is 0 Å². The van der Waals surface area contributed by atoms with Gasteiger partial charge in [-0.2, -0.15) is 0 Å². The van der Waals surface area contributed by atoms with Crippen molar-refractivity contribution < 1.29 is 22.9 Å². The van der Waals surface area contributed by atoms with Crippen LogP contribution < -0.4 is 10.6 Å². The largest absolute Gasteiger partial charge is 0.355 e. The van der Waals surface area contributed by atoms with Gasteiger partial charge in [-0.1, -0.05) is 30.5 Å². The van der Waals surface area contributed by atoms with Gasteiger partial charge in [0.25, 0.3) is 5.91 Å². The SMILES string of the molecule is C[C@H](NC(=O)[C@@H]1CN(C2CCCCC2)CC[C@H]1NC(=O)c1cc(-c2ccc(F)cc2F)on1)c1ccccn1. The fourth-order valence-electron chi connectivity index (χ4n) is 5.66. The number of benzene rings is 1. The zero-order valence-electron chi connectivity index (χ0n) is 21.9. The maximum absolute atomic E-state index is 14.2. The number of pyridine rings is 1. The summed E-state index contributed by atoms with van der Waals surface area (Å²) in [6, 6.07) is 9.71. The van der Waals surface area contributed by atoms with Gasteiger partial charge in [-0.3, -0.25) is 19.5 Å². The Kier molecular flexibility index (Phi) is 8.30. The molecule has 2 aliphatic rings. The van der Waals surface area contributed by atoms with E-state index in [1.54, 1.807) is 6.20 Å². The van der Waals surface area contributed by atoms with Crippen LogP contribution in [0, 0.1) is 17.6 Å². The third-order valence-corrected chi connectivity index (χ3v) is 7.82. The van der Waals surface area contributed by atoms with Crippen molar-refractivity contribution in [2.45, 2.75) is 63.6 Å². The van der Waals surface area contributed by atoms with Crippen molar-refractivity contribution in [1.29, 1.82) is 0 Å². The number of rotatable bonds is 7. The summed E-state index contributed by atoms with van der Waals surface area (Å²) in [6.45, 7) is 3.21. The lowest BCUT2D eigenvalue weighted by Gasteiger charge is -2.43. The predicted molar refractivity (Wildman–Crippen MR) is 140 cm³/mol. The summed E-state index contributed by atoms with van der Waals surface area (Å²) < 4.78 is 32.7. The average Bonchev–Trinajstić information content (AvgIpc) is 3.44. The molecule has 2 N–H and O–H groups in total. The van der Waals surface area contributed by atoms with Gasteiger partial charge in [0.1, 0.15) is 11.6 Å². The molecule has 0 spiro atoms. The number of likely N-dealkylation sites (tertiary alicyclic amines) is 1. The third kappa shape index (κ3) is 6.33. The van der Waals surface area contributed by atoms with Crippen LogP contribution in [0.25, 0.3) is 11.3 Å². The molecular weight excluding hydrogens is 504 g/mol. The van der Waals surface area contributed by atoms with E-state index < -0.39 is 29.5 Å². The van der Waals surface area contributed by atoms with Gasteiger partial charge in [-0.15, -0.1) is 0 Å². The number of nitrogens with zero attached hydrogens (tertiary/aromatic N) is 3. The molecule has 2 aromatic heterocycles. The molecule has 39 heavy (non-hydrogen) atoms. The summed E-state index contributed by atoms with van der Waals surface area (Å²) in [5.74, 6) is -2.64. The number of carbonyl (C=O) groups excluding carboxylic acids is 2. The van der Waals surface area contributed by atoms with E-state index in [0.717, 1.165) is 37.2 Å². The maximum Gasteiger partial charge on any atom is 0.273 e. The number of nitrogens with one attached hydrogen (secondary N) is 2. The Morgan fingerprint density at radius 1 is 1.08 bits per heavy atom. The molecule has 1 saturated heterocycles. The van der Waals surface area contributed by atoms with Crippen LogP contribution in [0.5, 0.6) is 0 Å². The average molecular weight is 538 g/mol. The summed E-state index contributed by atoms with van der Waals surface area (Å²) in [5.41, 5.74) is 0.725. The number of amides is 2. The Morgan fingerprint density at radius 3 is 2.64 bits per heavy atom. The first-order valence-electron chi connectivity index (χ1n) is 13.6. The highest BCUT2D eigenvalue weighted by Gasteiger charge is 2.38. The highest BCUT2D eigenvalue weighted by molar-refractivity contribution is 5.94. The van der Waals surface area contributed by atoms with Gasteiger partial charge in [0.15, 0.2) is 11.5 Å². The van der Waals surface area contributed by atoms with E-state index in [1.807, 2.05) is 25.1 Å². The quantitative estimate of drug-likeness (QED) is 0.455. The van der Waals surface area contributed by atoms with Crippen molar-refractivity contribution in [3.63, 3.8) is 0 Å². The van der Waals surface area contributed by atoms with Crippen molar-refractivity contribution in [2.24, 2.45) is 5.92 Å². The minimum Gasteiger partial charge on any atom is -0.355 e. The van der Waals surface area contributed by atoms with Crippen molar-refractivity contribution in [2.75, 3.05) is 13.1 Å². The van der Waals surface area contributed by atoms with Crippen LogP contribution in [0.1, 0.15) is 67.7 Å². The van der Waals surface area contributed by atoms with Crippen LogP contribution in [0.2, 0.25) is 0 Å². The molecule has 2 amide bonds. The molecule has 1 aliphatic carbocycles. The molecule has 3 heterocycles. The molecule has 2 fully saturated rings. The summed E-state index contributed by atoms with van der Waals surface area (Å²) in [7, 11) is 0. The van der Waals surface area contributed by atoms with E-state index in [-0.39, 0.29) is 29.0 Å². The van der Waals surface area contributed by atoms with Gasteiger partial charge in [0.2, 0.25) is 5.91 Å². The van der Waals surface area contributed by atoms with E-state index in [9.17, 15) is 18.4 Å². The highest BCUT2D eigenvalue weighted by atomic mass is 19.1. The second kappa shape index (κ2) is 12.0. The molecule has 0 unspecified atom stereocenters. The van der Waals surface area contributed by atoms with Crippen LogP contribution in [-0.4, -0.2) is 52.0 Å². The summed E-state index contributed by atoms with van der Waals surface area (Å²) in [5, 5.41) is 9.86. The molecule has 8 nitrogen and oxygen atoms in total. The van der Waals surface area contributed by atoms with Gasteiger partial charge in [0, 0.05) is 43.5 Å². The zero-order chi connectivity index (χ0) is 27.4. The minimum atomic E-state index is -0.813. The minimum absolute atomic E-state index is 0.00417. The van der Waals surface area contributed by atoms with Crippen molar-refractivity contribution in [3.8, 4) is 11.3 Å². The predicted octanol–water partition coefficient (Wildman–Crippen LogP) is 4.65. The summed E-state index contributed by atoms with van der Waals surface area (Å²) in [4.78, 5) is 33.5. The Labute approximate surface area is 226 Å². The van der Waals surface area contributed by atoms with Gasteiger partial charge in [-0.25, -0.2) is 8.78 Å². The van der Waals surface area contributed by atoms with Crippen LogP contribution >= 0.6 is 0 Å². The van der Waals surface area contributed by atoms with Crippen molar-refractivity contribution in [1.82, 2.24) is 25.7 Å². The Bertz CT molecular complexity index is 1300. The third-order valence-electron chi connectivity index (χ3n) is 7.82. The first-order valence-corrected chi connectivity index (χ1v) is 13.6. The lowest BCUT2D eigenvalue weighted by molar-refractivity contribution is -0.128. The molecule has 1 aromatic carbocycles. The standard InChI is InChI=1S/C29H33F2N5O3/c1-18(24-9-5-6-13-32-24)33-28(37)22-17-36(20-7-3-2-4-8-20)14-12-25(22)34-29(38)26-16-27(39-35-26)21-11-10-19(30)15-23(21)31/h5-6,9-11,13,15-16,18,20,22,25H,2-4,7-8,12,14,17H2,1H3,(H,33,37)(H,34,38)/t18-,22+,25+/m0/s1. The Hall–Kier alpha value is -3.66. The number of carbonyl (C=O) groups is 2. The molecule has 5 rings (SSSR count). The second-order valence-electron chi connectivity index (χ2n) is 10.4. The Balaban J connectivity index is 1.31. The van der Waals surface area contributed by atoms with Gasteiger partial charge < -0.3 is 15.2 Å². The second-order valence-corrected chi connectivity index (χ2v) is 10.4. The van der Waals surface area contributed by atoms with Crippen LogP contribution in [0.3, 0.4) is 0 Å². The molecule has 0 radical (unpaired) electrons. The first-order chi connectivity index (χ1) is 18.9. The summed E-state index contributed by atoms with van der Waals surface area (Å²) >= 11 is 0.